The number of benzene rings is 3. The van der Waals surface area contributed by atoms with Gasteiger partial charge in [0.2, 0.25) is 0 Å². The molecule has 6 rings (SSSR count). The Labute approximate surface area is 287 Å². The Morgan fingerprint density at radius 2 is 1.59 bits per heavy atom. The first kappa shape index (κ1) is 35.5. The fourth-order valence-electron chi connectivity index (χ4n) is 6.32. The summed E-state index contributed by atoms with van der Waals surface area (Å²) in [6.07, 6.45) is -11.8. The molecule has 0 radical (unpaired) electrons. The van der Waals surface area contributed by atoms with E-state index in [2.05, 4.69) is 0 Å². The summed E-state index contributed by atoms with van der Waals surface area (Å²) >= 11 is 0. The van der Waals surface area contributed by atoms with Gasteiger partial charge in [-0.2, -0.15) is 26.3 Å². The normalized spacial score (nSPS) is 17.7. The largest absolute Gasteiger partial charge is 0.493 e. The van der Waals surface area contributed by atoms with E-state index in [-0.39, 0.29) is 35.2 Å². The lowest BCUT2D eigenvalue weighted by atomic mass is 9.93. The van der Waals surface area contributed by atoms with Crippen LogP contribution in [0.2, 0.25) is 0 Å². The van der Waals surface area contributed by atoms with Crippen molar-refractivity contribution in [1.29, 1.82) is 0 Å². The molecule has 0 spiro atoms. The van der Waals surface area contributed by atoms with Crippen molar-refractivity contribution in [2.75, 3.05) is 25.1 Å². The van der Waals surface area contributed by atoms with Gasteiger partial charge in [0.15, 0.2) is 11.6 Å². The number of carbonyl (C=O) groups is 2. The first-order valence-electron chi connectivity index (χ1n) is 15.7. The summed E-state index contributed by atoms with van der Waals surface area (Å²) in [5, 5.41) is 9.40. The number of aromatic nitrogens is 1. The molecule has 51 heavy (non-hydrogen) atoms. The minimum Gasteiger partial charge on any atom is -0.493 e. The molecule has 15 heteroatoms. The molecule has 4 aromatic rings. The van der Waals surface area contributed by atoms with Gasteiger partial charge in [-0.25, -0.2) is 19.0 Å². The number of amides is 1. The van der Waals surface area contributed by atoms with Crippen molar-refractivity contribution >= 4 is 17.9 Å². The number of cyclic esters (lactones) is 1. The van der Waals surface area contributed by atoms with E-state index >= 15 is 4.39 Å². The number of carbonyl (C=O) groups excluding carboxylic acids is 1. The zero-order chi connectivity index (χ0) is 37.0. The Morgan fingerprint density at radius 1 is 0.941 bits per heavy atom. The summed E-state index contributed by atoms with van der Waals surface area (Å²) in [7, 11) is 1.27. The van der Waals surface area contributed by atoms with E-state index in [0.717, 1.165) is 11.3 Å². The van der Waals surface area contributed by atoms with Gasteiger partial charge in [0.05, 0.1) is 42.1 Å². The maximum absolute atomic E-state index is 15.7. The second-order valence-electron chi connectivity index (χ2n) is 12.4. The SMILES string of the molecule is COc1c(F)cc(-c2ccc(C(=O)O)cc2C)cc1-c1ccc(N2CCC2)nc1CN1C(=O)O[C@@H](c2cc(C(F)(F)F)cc(C(F)(F)F)c2)[C@@H]1C. The van der Waals surface area contributed by atoms with Gasteiger partial charge in [-0.05, 0) is 97.1 Å². The average molecular weight is 718 g/mol. The third-order valence-corrected chi connectivity index (χ3v) is 9.11. The monoisotopic (exact) mass is 717 g/mol. The van der Waals surface area contributed by atoms with Gasteiger partial charge in [-0.1, -0.05) is 6.07 Å². The van der Waals surface area contributed by atoms with Gasteiger partial charge in [-0.15, -0.1) is 0 Å². The fraction of sp³-hybridized carbons (Fsp3) is 0.306. The number of carboxylic acids is 1. The second-order valence-corrected chi connectivity index (χ2v) is 12.4. The highest BCUT2D eigenvalue weighted by Gasteiger charge is 2.44. The molecular formula is C36H30F7N3O5. The Morgan fingerprint density at radius 3 is 2.14 bits per heavy atom. The summed E-state index contributed by atoms with van der Waals surface area (Å²) < 4.78 is 108. The molecule has 0 bridgehead atoms. The molecule has 0 unspecified atom stereocenters. The molecule has 2 saturated heterocycles. The molecule has 2 fully saturated rings. The molecule has 2 aliphatic heterocycles. The van der Waals surface area contributed by atoms with Crippen LogP contribution in [0.5, 0.6) is 5.75 Å². The number of hydrogen-bond donors (Lipinski definition) is 1. The molecule has 0 aliphatic carbocycles. The van der Waals surface area contributed by atoms with Crippen molar-refractivity contribution in [3.63, 3.8) is 0 Å². The Bertz CT molecular complexity index is 2000. The van der Waals surface area contributed by atoms with Crippen LogP contribution >= 0.6 is 0 Å². The minimum atomic E-state index is -5.10. The maximum atomic E-state index is 15.7. The highest BCUT2D eigenvalue weighted by molar-refractivity contribution is 5.89. The van der Waals surface area contributed by atoms with E-state index in [1.807, 2.05) is 4.90 Å². The van der Waals surface area contributed by atoms with Crippen molar-refractivity contribution < 1.29 is 54.9 Å². The number of halogens is 7. The maximum Gasteiger partial charge on any atom is 0.416 e. The number of ether oxygens (including phenoxy) is 2. The topological polar surface area (TPSA) is 92.2 Å². The lowest BCUT2D eigenvalue weighted by Crippen LogP contribution is -2.38. The van der Waals surface area contributed by atoms with Crippen LogP contribution in [-0.2, 0) is 23.6 Å². The average Bonchev–Trinajstić information content (AvgIpc) is 3.31. The zero-order valence-corrected chi connectivity index (χ0v) is 27.3. The summed E-state index contributed by atoms with van der Waals surface area (Å²) in [6.45, 7) is 4.21. The number of hydrogen-bond acceptors (Lipinski definition) is 6. The molecule has 2 aliphatic rings. The van der Waals surface area contributed by atoms with Crippen molar-refractivity contribution in [3.05, 3.63) is 100.0 Å². The van der Waals surface area contributed by atoms with Crippen molar-refractivity contribution in [2.24, 2.45) is 0 Å². The van der Waals surface area contributed by atoms with Gasteiger partial charge >= 0.3 is 24.4 Å². The molecule has 3 aromatic carbocycles. The first-order chi connectivity index (χ1) is 24.0. The molecule has 1 N–H and O–H groups in total. The van der Waals surface area contributed by atoms with Crippen molar-refractivity contribution in [3.8, 4) is 28.0 Å². The van der Waals surface area contributed by atoms with Crippen LogP contribution in [0.4, 0.5) is 41.3 Å². The van der Waals surface area contributed by atoms with Gasteiger partial charge < -0.3 is 19.5 Å². The van der Waals surface area contributed by atoms with Gasteiger partial charge in [0.25, 0.3) is 0 Å². The third-order valence-electron chi connectivity index (χ3n) is 9.11. The lowest BCUT2D eigenvalue weighted by molar-refractivity contribution is -0.143. The number of nitrogens with zero attached hydrogens (tertiary/aromatic N) is 3. The number of pyridine rings is 1. The van der Waals surface area contributed by atoms with Gasteiger partial charge in [-0.3, -0.25) is 4.90 Å². The quantitative estimate of drug-likeness (QED) is 0.182. The van der Waals surface area contributed by atoms with Crippen LogP contribution in [0.25, 0.3) is 22.3 Å². The summed E-state index contributed by atoms with van der Waals surface area (Å²) in [6, 6.07) is 10.7. The number of carboxylic acid groups (broad SMARTS) is 1. The van der Waals surface area contributed by atoms with E-state index in [1.54, 1.807) is 31.2 Å². The first-order valence-corrected chi connectivity index (χ1v) is 15.7. The van der Waals surface area contributed by atoms with Crippen LogP contribution in [0.1, 0.15) is 57.8 Å². The molecule has 268 valence electrons. The number of anilines is 1. The van der Waals surface area contributed by atoms with Crippen molar-refractivity contribution in [1.82, 2.24) is 9.88 Å². The molecule has 8 nitrogen and oxygen atoms in total. The molecule has 1 amide bonds. The lowest BCUT2D eigenvalue weighted by Gasteiger charge is -2.33. The van der Waals surface area contributed by atoms with E-state index in [0.29, 0.717) is 53.3 Å². The number of methoxy groups -OCH3 is 1. The Hall–Kier alpha value is -5.34. The summed E-state index contributed by atoms with van der Waals surface area (Å²) in [4.78, 5) is 32.7. The predicted molar refractivity (Wildman–Crippen MR) is 171 cm³/mol. The summed E-state index contributed by atoms with van der Waals surface area (Å²) in [5.74, 6) is -1.49. The van der Waals surface area contributed by atoms with Crippen LogP contribution in [0.3, 0.4) is 0 Å². The van der Waals surface area contributed by atoms with Gasteiger partial charge in [0, 0.05) is 24.2 Å². The number of aromatic carboxylic acids is 1. The third kappa shape index (κ3) is 6.88. The highest BCUT2D eigenvalue weighted by Crippen LogP contribution is 2.43. The van der Waals surface area contributed by atoms with E-state index < -0.39 is 59.1 Å². The Balaban J connectivity index is 1.43. The number of alkyl halides is 6. The predicted octanol–water partition coefficient (Wildman–Crippen LogP) is 8.90. The number of rotatable bonds is 8. The minimum absolute atomic E-state index is 0.00281. The highest BCUT2D eigenvalue weighted by atomic mass is 19.4. The molecule has 2 atom stereocenters. The van der Waals surface area contributed by atoms with E-state index in [1.165, 1.54) is 32.2 Å². The van der Waals surface area contributed by atoms with Crippen molar-refractivity contribution in [2.45, 2.75) is 51.3 Å². The smallest absolute Gasteiger partial charge is 0.416 e. The van der Waals surface area contributed by atoms with Crippen LogP contribution in [0, 0.1) is 12.7 Å². The standard InChI is InChI=1S/C36H30F7N3O5/c1-18-11-20(33(47)48)5-6-25(18)21-14-27(32(50-3)28(37)15-21)26-7-8-30(45-9-4-10-45)44-29(26)17-46-19(2)31(51-34(46)49)22-12-23(35(38,39)40)16-24(13-22)36(41,42)43/h5-8,11-16,19,31H,4,9-10,17H2,1-3H3,(H,47,48)/t19-,31+/m0/s1. The molecule has 0 saturated carbocycles. The second kappa shape index (κ2) is 13.1. The van der Waals surface area contributed by atoms with Crippen LogP contribution < -0.4 is 9.64 Å². The van der Waals surface area contributed by atoms with Crippen LogP contribution in [0.15, 0.2) is 60.7 Å². The number of aryl methyl sites for hydroxylation is 1. The van der Waals surface area contributed by atoms with E-state index in [9.17, 15) is 41.0 Å². The van der Waals surface area contributed by atoms with E-state index in [4.69, 9.17) is 14.5 Å². The zero-order valence-electron chi connectivity index (χ0n) is 27.3. The molecule has 1 aromatic heterocycles. The summed E-state index contributed by atoms with van der Waals surface area (Å²) in [5.41, 5.74) is -1.24. The fourth-order valence-corrected chi connectivity index (χ4v) is 6.32. The molecule has 3 heterocycles. The van der Waals surface area contributed by atoms with Gasteiger partial charge in [0.1, 0.15) is 11.9 Å². The van der Waals surface area contributed by atoms with Crippen LogP contribution in [-0.4, -0.2) is 53.3 Å². The molecular weight excluding hydrogens is 687 g/mol. The Kier molecular flexibility index (Phi) is 9.10.